The van der Waals surface area contributed by atoms with Gasteiger partial charge in [0.05, 0.1) is 10.5 Å². The van der Waals surface area contributed by atoms with E-state index >= 15 is 0 Å². The number of aryl methyl sites for hydroxylation is 1. The molecule has 1 fully saturated rings. The second kappa shape index (κ2) is 6.41. The van der Waals surface area contributed by atoms with Gasteiger partial charge in [0.1, 0.15) is 0 Å². The van der Waals surface area contributed by atoms with E-state index in [1.54, 1.807) is 35.2 Å². The second-order valence-electron chi connectivity index (χ2n) is 6.08. The van der Waals surface area contributed by atoms with E-state index in [0.29, 0.717) is 18.7 Å². The number of amides is 1. The molecule has 0 aliphatic carbocycles. The highest BCUT2D eigenvalue weighted by molar-refractivity contribution is 7.90. The van der Waals surface area contributed by atoms with Crippen molar-refractivity contribution in [2.24, 2.45) is 5.73 Å². The molecule has 1 aromatic heterocycles. The summed E-state index contributed by atoms with van der Waals surface area (Å²) in [5, 5.41) is 0. The molecule has 1 aromatic carbocycles. The third-order valence-electron chi connectivity index (χ3n) is 4.42. The van der Waals surface area contributed by atoms with Crippen LogP contribution in [0, 0.1) is 6.92 Å². The Morgan fingerprint density at radius 1 is 1.25 bits per heavy atom. The molecule has 24 heavy (non-hydrogen) atoms. The van der Waals surface area contributed by atoms with Crippen LogP contribution in [0.1, 0.15) is 28.8 Å². The van der Waals surface area contributed by atoms with E-state index in [0.717, 1.165) is 22.4 Å². The van der Waals surface area contributed by atoms with Gasteiger partial charge in [-0.05, 0) is 38.0 Å². The van der Waals surface area contributed by atoms with Gasteiger partial charge in [-0.1, -0.05) is 17.7 Å². The zero-order valence-corrected chi connectivity index (χ0v) is 14.4. The van der Waals surface area contributed by atoms with Gasteiger partial charge in [-0.3, -0.25) is 4.79 Å². The summed E-state index contributed by atoms with van der Waals surface area (Å²) in [6, 6.07) is 8.21. The summed E-state index contributed by atoms with van der Waals surface area (Å²) in [6.07, 6.45) is 4.61. The lowest BCUT2D eigenvalue weighted by Crippen LogP contribution is -2.39. The number of likely N-dealkylation sites (tertiary alicyclic amines) is 1. The molecule has 6 nitrogen and oxygen atoms in total. The second-order valence-corrected chi connectivity index (χ2v) is 7.92. The van der Waals surface area contributed by atoms with Crippen molar-refractivity contribution in [3.8, 4) is 0 Å². The van der Waals surface area contributed by atoms with Crippen LogP contribution in [-0.4, -0.2) is 42.3 Å². The predicted octanol–water partition coefficient (Wildman–Crippen LogP) is 1.60. The molecule has 3 rings (SSSR count). The van der Waals surface area contributed by atoms with Gasteiger partial charge >= 0.3 is 0 Å². The Hall–Kier alpha value is -2.12. The van der Waals surface area contributed by atoms with Gasteiger partial charge in [0.25, 0.3) is 15.9 Å². The summed E-state index contributed by atoms with van der Waals surface area (Å²) < 4.78 is 26.4. The van der Waals surface area contributed by atoms with E-state index in [2.05, 4.69) is 0 Å². The van der Waals surface area contributed by atoms with E-state index in [9.17, 15) is 13.2 Å². The molecule has 1 aliphatic heterocycles. The smallest absolute Gasteiger partial charge is 0.267 e. The molecule has 1 saturated heterocycles. The van der Waals surface area contributed by atoms with Crippen LogP contribution >= 0.6 is 0 Å². The maximum absolute atomic E-state index is 12.6. The number of rotatable bonds is 4. The molecule has 0 bridgehead atoms. The first kappa shape index (κ1) is 16.7. The molecule has 0 spiro atoms. The van der Waals surface area contributed by atoms with Crippen molar-refractivity contribution in [1.29, 1.82) is 0 Å². The lowest BCUT2D eigenvalue weighted by Gasteiger charge is -2.22. The van der Waals surface area contributed by atoms with Crippen LogP contribution in [0.15, 0.2) is 47.6 Å². The van der Waals surface area contributed by atoms with Crippen LogP contribution in [0.3, 0.4) is 0 Å². The van der Waals surface area contributed by atoms with Gasteiger partial charge in [0.2, 0.25) is 0 Å². The number of hydrogen-bond acceptors (Lipinski definition) is 4. The Morgan fingerprint density at radius 3 is 2.62 bits per heavy atom. The first-order valence-electron chi connectivity index (χ1n) is 7.95. The van der Waals surface area contributed by atoms with Crippen molar-refractivity contribution >= 4 is 15.9 Å². The summed E-state index contributed by atoms with van der Waals surface area (Å²) in [4.78, 5) is 14.5. The fourth-order valence-corrected chi connectivity index (χ4v) is 4.20. The molecular weight excluding hydrogens is 326 g/mol. The van der Waals surface area contributed by atoms with Crippen molar-refractivity contribution < 1.29 is 13.2 Å². The van der Waals surface area contributed by atoms with E-state index in [1.807, 2.05) is 6.92 Å². The fraction of sp³-hybridized carbons (Fsp3) is 0.353. The molecule has 2 aromatic rings. The molecule has 1 unspecified atom stereocenters. The average Bonchev–Trinajstić information content (AvgIpc) is 3.24. The molecule has 0 radical (unpaired) electrons. The maximum atomic E-state index is 12.6. The molecule has 7 heteroatoms. The van der Waals surface area contributed by atoms with Crippen LogP contribution in [-0.2, 0) is 10.0 Å². The highest BCUT2D eigenvalue weighted by Crippen LogP contribution is 2.21. The number of aromatic nitrogens is 1. The van der Waals surface area contributed by atoms with Crippen molar-refractivity contribution in [1.82, 2.24) is 8.87 Å². The summed E-state index contributed by atoms with van der Waals surface area (Å²) in [5.41, 5.74) is 7.06. The Balaban J connectivity index is 1.87. The van der Waals surface area contributed by atoms with Crippen LogP contribution in [0.25, 0.3) is 0 Å². The molecule has 0 saturated carbocycles. The van der Waals surface area contributed by atoms with E-state index in [4.69, 9.17) is 5.73 Å². The van der Waals surface area contributed by atoms with Gasteiger partial charge in [-0.25, -0.2) is 12.4 Å². The van der Waals surface area contributed by atoms with Crippen molar-refractivity contribution in [2.75, 3.05) is 13.1 Å². The van der Waals surface area contributed by atoms with Crippen LogP contribution in [0.4, 0.5) is 0 Å². The number of nitrogens with two attached hydrogens (primary N) is 1. The summed E-state index contributed by atoms with van der Waals surface area (Å²) in [5.74, 6) is -0.166. The zero-order chi connectivity index (χ0) is 17.3. The van der Waals surface area contributed by atoms with Crippen molar-refractivity contribution in [3.05, 3.63) is 53.9 Å². The number of hydrogen-bond donors (Lipinski definition) is 1. The maximum Gasteiger partial charge on any atom is 0.267 e. The first-order chi connectivity index (χ1) is 11.4. The molecule has 1 amide bonds. The largest absolute Gasteiger partial charge is 0.334 e. The number of benzene rings is 1. The Kier molecular flexibility index (Phi) is 4.47. The minimum absolute atomic E-state index is 0.0366. The SMILES string of the molecule is Cc1ccc(S(=O)(=O)n2ccc(C(=O)N3CCCC3CN)c2)cc1. The molecular formula is C17H21N3O3S. The molecule has 1 aliphatic rings. The number of carbonyl (C=O) groups excluding carboxylic acids is 1. The van der Waals surface area contributed by atoms with Gasteiger partial charge in [-0.15, -0.1) is 0 Å². The number of nitrogens with zero attached hydrogens (tertiary/aromatic N) is 2. The van der Waals surface area contributed by atoms with Gasteiger partial charge in [-0.2, -0.15) is 0 Å². The summed E-state index contributed by atoms with van der Waals surface area (Å²) >= 11 is 0. The Labute approximate surface area is 141 Å². The topological polar surface area (TPSA) is 85.4 Å². The fourth-order valence-electron chi connectivity index (χ4n) is 3.00. The van der Waals surface area contributed by atoms with Gasteiger partial charge in [0, 0.05) is 31.5 Å². The zero-order valence-electron chi connectivity index (χ0n) is 13.6. The highest BCUT2D eigenvalue weighted by atomic mass is 32.2. The summed E-state index contributed by atoms with van der Waals surface area (Å²) in [6.45, 7) is 2.98. The van der Waals surface area contributed by atoms with Crippen LogP contribution in [0.2, 0.25) is 0 Å². The average molecular weight is 347 g/mol. The quantitative estimate of drug-likeness (QED) is 0.910. The molecule has 2 heterocycles. The summed E-state index contributed by atoms with van der Waals surface area (Å²) in [7, 11) is -3.69. The first-order valence-corrected chi connectivity index (χ1v) is 9.39. The van der Waals surface area contributed by atoms with Gasteiger partial charge in [0.15, 0.2) is 0 Å². The van der Waals surface area contributed by atoms with Crippen molar-refractivity contribution in [2.45, 2.75) is 30.7 Å². The molecule has 1 atom stereocenters. The standard InChI is InChI=1S/C17H21N3O3S/c1-13-4-6-16(7-5-13)24(22,23)19-10-8-14(12-19)17(21)20-9-2-3-15(20)11-18/h4-8,10,12,15H,2-3,9,11,18H2,1H3. The van der Waals surface area contributed by atoms with E-state index in [1.165, 1.54) is 12.4 Å². The number of carbonyl (C=O) groups is 1. The Morgan fingerprint density at radius 2 is 1.96 bits per heavy atom. The lowest BCUT2D eigenvalue weighted by atomic mass is 10.2. The minimum Gasteiger partial charge on any atom is -0.334 e. The third kappa shape index (κ3) is 2.97. The normalized spacial score (nSPS) is 18.1. The predicted molar refractivity (Wildman–Crippen MR) is 91.3 cm³/mol. The Bertz CT molecular complexity index is 840. The van der Waals surface area contributed by atoms with Crippen molar-refractivity contribution in [3.63, 3.8) is 0 Å². The van der Waals surface area contributed by atoms with Gasteiger partial charge < -0.3 is 10.6 Å². The van der Waals surface area contributed by atoms with Crippen LogP contribution < -0.4 is 5.73 Å². The molecule has 2 N–H and O–H groups in total. The minimum atomic E-state index is -3.69. The monoisotopic (exact) mass is 347 g/mol. The van der Waals surface area contributed by atoms with E-state index in [-0.39, 0.29) is 16.8 Å². The highest BCUT2D eigenvalue weighted by Gasteiger charge is 2.29. The van der Waals surface area contributed by atoms with E-state index < -0.39 is 10.0 Å². The van der Waals surface area contributed by atoms with Crippen LogP contribution in [0.5, 0.6) is 0 Å². The third-order valence-corrected chi connectivity index (χ3v) is 6.07. The lowest BCUT2D eigenvalue weighted by molar-refractivity contribution is 0.0741. The molecule has 128 valence electrons.